The van der Waals surface area contributed by atoms with E-state index in [1.54, 1.807) is 24.4 Å². The average Bonchev–Trinajstić information content (AvgIpc) is 3.41. The number of nitriles is 1. The summed E-state index contributed by atoms with van der Waals surface area (Å²) in [7, 11) is 0. The standard InChI is InChI=1S/C21H27ClN6O2.C6H5Cl/c22-17-1-4-20(26-12-17)30-14-15-5-8-28(13-15)21(29)16-6-9-27(10-7-16)19(25)3-2-18(24)11-23;7-6-4-2-1-3-5-6/h1-4,12,15-16H,5-10,13-14,24-25H2;1-5H/b18-2-,19-3+;. The molecule has 4 rings (SSSR count). The minimum Gasteiger partial charge on any atom is -0.477 e. The van der Waals surface area contributed by atoms with Crippen LogP contribution in [0.1, 0.15) is 19.3 Å². The van der Waals surface area contributed by atoms with Gasteiger partial charge < -0.3 is 26.0 Å². The summed E-state index contributed by atoms with van der Waals surface area (Å²) < 4.78 is 5.74. The molecule has 2 saturated heterocycles. The summed E-state index contributed by atoms with van der Waals surface area (Å²) >= 11 is 11.4. The van der Waals surface area contributed by atoms with Gasteiger partial charge in [0.15, 0.2) is 0 Å². The van der Waals surface area contributed by atoms with Gasteiger partial charge in [-0.25, -0.2) is 4.98 Å². The van der Waals surface area contributed by atoms with Crippen LogP contribution in [0.2, 0.25) is 10.0 Å². The minimum atomic E-state index is 0.0198. The number of benzene rings is 1. The van der Waals surface area contributed by atoms with Crippen LogP contribution in [0.3, 0.4) is 0 Å². The van der Waals surface area contributed by atoms with E-state index in [9.17, 15) is 4.79 Å². The first-order chi connectivity index (χ1) is 17.9. The van der Waals surface area contributed by atoms with E-state index < -0.39 is 0 Å². The summed E-state index contributed by atoms with van der Waals surface area (Å²) in [6.45, 7) is 3.44. The maximum atomic E-state index is 12.9. The molecule has 2 aliphatic rings. The molecule has 1 amide bonds. The number of amides is 1. The maximum Gasteiger partial charge on any atom is 0.225 e. The fraction of sp³-hybridized carbons (Fsp3) is 0.370. The summed E-state index contributed by atoms with van der Waals surface area (Å²) in [5, 5.41) is 10.1. The summed E-state index contributed by atoms with van der Waals surface area (Å²) in [6, 6.07) is 14.8. The number of pyridine rings is 1. The Morgan fingerprint density at radius 2 is 1.73 bits per heavy atom. The van der Waals surface area contributed by atoms with Crippen molar-refractivity contribution >= 4 is 29.1 Å². The molecule has 1 unspecified atom stereocenters. The minimum absolute atomic E-state index is 0.0198. The second kappa shape index (κ2) is 14.4. The van der Waals surface area contributed by atoms with Crippen molar-refractivity contribution in [3.8, 4) is 11.9 Å². The number of hydrogen-bond acceptors (Lipinski definition) is 7. The van der Waals surface area contributed by atoms with Gasteiger partial charge in [0.25, 0.3) is 0 Å². The highest BCUT2D eigenvalue weighted by molar-refractivity contribution is 6.30. The van der Waals surface area contributed by atoms with Crippen molar-refractivity contribution in [1.82, 2.24) is 14.8 Å². The number of ether oxygens (including phenoxy) is 1. The number of nitrogens with zero attached hydrogens (tertiary/aromatic N) is 4. The molecule has 2 aromatic rings. The van der Waals surface area contributed by atoms with Crippen molar-refractivity contribution in [2.45, 2.75) is 19.3 Å². The lowest BCUT2D eigenvalue weighted by molar-refractivity contribution is -0.136. The molecule has 2 aliphatic heterocycles. The molecule has 2 fully saturated rings. The Balaban J connectivity index is 0.000000468. The third-order valence-electron chi connectivity index (χ3n) is 6.27. The van der Waals surface area contributed by atoms with E-state index in [1.807, 2.05) is 46.2 Å². The summed E-state index contributed by atoms with van der Waals surface area (Å²) in [4.78, 5) is 21.0. The second-order valence-electron chi connectivity index (χ2n) is 8.95. The Bertz CT molecular complexity index is 1110. The number of allylic oxidation sites excluding steroid dienone is 3. The average molecular weight is 543 g/mol. The normalized spacial score (nSPS) is 18.6. The molecule has 0 radical (unpaired) electrons. The van der Waals surface area contributed by atoms with Crippen LogP contribution >= 0.6 is 23.2 Å². The van der Waals surface area contributed by atoms with E-state index in [-0.39, 0.29) is 17.5 Å². The lowest BCUT2D eigenvalue weighted by Gasteiger charge is -2.34. The number of likely N-dealkylation sites (tertiary alicyclic amines) is 2. The zero-order valence-corrected chi connectivity index (χ0v) is 22.1. The first-order valence-electron chi connectivity index (χ1n) is 12.2. The molecule has 1 atom stereocenters. The number of carbonyl (C=O) groups excluding carboxylic acids is 1. The van der Waals surface area contributed by atoms with E-state index in [4.69, 9.17) is 44.7 Å². The third kappa shape index (κ3) is 9.19. The van der Waals surface area contributed by atoms with Crippen molar-refractivity contribution in [3.63, 3.8) is 0 Å². The van der Waals surface area contributed by atoms with Crippen LogP contribution in [0.4, 0.5) is 0 Å². The number of aromatic nitrogens is 1. The Morgan fingerprint density at radius 3 is 2.32 bits per heavy atom. The van der Waals surface area contributed by atoms with Gasteiger partial charge in [0.2, 0.25) is 11.8 Å². The molecule has 0 spiro atoms. The van der Waals surface area contributed by atoms with Crippen molar-refractivity contribution in [2.75, 3.05) is 32.8 Å². The molecule has 0 aliphatic carbocycles. The van der Waals surface area contributed by atoms with Crippen molar-refractivity contribution in [1.29, 1.82) is 5.26 Å². The van der Waals surface area contributed by atoms with Crippen molar-refractivity contribution < 1.29 is 9.53 Å². The SMILES string of the molecule is Clc1ccccc1.N#C/C(N)=C/C=C(\N)N1CCC(C(=O)N2CCC(COc3ccc(Cl)cn3)C2)CC1. The van der Waals surface area contributed by atoms with Crippen molar-refractivity contribution in [3.05, 3.63) is 82.4 Å². The predicted octanol–water partition coefficient (Wildman–Crippen LogP) is 4.18. The molecular formula is C27H32Cl2N6O2. The van der Waals surface area contributed by atoms with E-state index in [1.165, 1.54) is 6.08 Å². The molecular weight excluding hydrogens is 511 g/mol. The van der Waals surface area contributed by atoms with Crippen LogP contribution in [0.5, 0.6) is 5.88 Å². The summed E-state index contributed by atoms with van der Waals surface area (Å²) in [5.74, 6) is 1.66. The Hall–Kier alpha value is -3.41. The second-order valence-corrected chi connectivity index (χ2v) is 9.82. The van der Waals surface area contributed by atoms with Gasteiger partial charge in [0, 0.05) is 55.3 Å². The predicted molar refractivity (Wildman–Crippen MR) is 145 cm³/mol. The van der Waals surface area contributed by atoms with Gasteiger partial charge in [-0.05, 0) is 49.6 Å². The molecule has 10 heteroatoms. The number of rotatable bonds is 6. The van der Waals surface area contributed by atoms with Gasteiger partial charge in [-0.3, -0.25) is 4.79 Å². The zero-order chi connectivity index (χ0) is 26.6. The fourth-order valence-electron chi connectivity index (χ4n) is 4.20. The highest BCUT2D eigenvalue weighted by Gasteiger charge is 2.33. The molecule has 1 aromatic carbocycles. The van der Waals surface area contributed by atoms with Crippen LogP contribution in [0.25, 0.3) is 0 Å². The molecule has 196 valence electrons. The smallest absolute Gasteiger partial charge is 0.225 e. The molecule has 0 bridgehead atoms. The first kappa shape index (κ1) is 28.2. The third-order valence-corrected chi connectivity index (χ3v) is 6.75. The fourth-order valence-corrected chi connectivity index (χ4v) is 4.45. The van der Waals surface area contributed by atoms with E-state index in [2.05, 4.69) is 4.98 Å². The highest BCUT2D eigenvalue weighted by atomic mass is 35.5. The van der Waals surface area contributed by atoms with Crippen LogP contribution < -0.4 is 16.2 Å². The number of halogens is 2. The van der Waals surface area contributed by atoms with Crippen LogP contribution in [-0.2, 0) is 4.79 Å². The largest absolute Gasteiger partial charge is 0.477 e. The summed E-state index contributed by atoms with van der Waals surface area (Å²) in [5.41, 5.74) is 11.6. The van der Waals surface area contributed by atoms with E-state index >= 15 is 0 Å². The van der Waals surface area contributed by atoms with Gasteiger partial charge in [-0.15, -0.1) is 0 Å². The zero-order valence-electron chi connectivity index (χ0n) is 20.6. The first-order valence-corrected chi connectivity index (χ1v) is 12.9. The molecule has 37 heavy (non-hydrogen) atoms. The number of carbonyl (C=O) groups is 1. The molecule has 4 N–H and O–H groups in total. The highest BCUT2D eigenvalue weighted by Crippen LogP contribution is 2.25. The molecule has 0 saturated carbocycles. The van der Waals surface area contributed by atoms with E-state index in [0.717, 1.165) is 30.8 Å². The van der Waals surface area contributed by atoms with Crippen molar-refractivity contribution in [2.24, 2.45) is 23.3 Å². The number of nitrogens with two attached hydrogens (primary N) is 2. The molecule has 8 nitrogen and oxygen atoms in total. The van der Waals surface area contributed by atoms with Crippen LogP contribution in [0.15, 0.2) is 72.3 Å². The van der Waals surface area contributed by atoms with Gasteiger partial charge in [0.05, 0.1) is 17.5 Å². The topological polar surface area (TPSA) is 121 Å². The van der Waals surface area contributed by atoms with Crippen LogP contribution in [-0.4, -0.2) is 53.5 Å². The lowest BCUT2D eigenvalue weighted by Crippen LogP contribution is -2.42. The summed E-state index contributed by atoms with van der Waals surface area (Å²) in [6.07, 6.45) is 7.15. The van der Waals surface area contributed by atoms with Crippen LogP contribution in [0, 0.1) is 23.2 Å². The van der Waals surface area contributed by atoms with Gasteiger partial charge in [-0.1, -0.05) is 41.4 Å². The van der Waals surface area contributed by atoms with Gasteiger partial charge >= 0.3 is 0 Å². The number of hydrogen-bond donors (Lipinski definition) is 2. The maximum absolute atomic E-state index is 12.9. The van der Waals surface area contributed by atoms with Gasteiger partial charge in [-0.2, -0.15) is 5.26 Å². The Morgan fingerprint density at radius 1 is 1.03 bits per heavy atom. The molecule has 3 heterocycles. The Labute approximate surface area is 228 Å². The molecule has 1 aromatic heterocycles. The Kier molecular flexibility index (Phi) is 10.9. The number of piperidine rings is 1. The quantitative estimate of drug-likeness (QED) is 0.414. The lowest BCUT2D eigenvalue weighted by atomic mass is 9.95. The van der Waals surface area contributed by atoms with E-state index in [0.29, 0.717) is 48.9 Å². The van der Waals surface area contributed by atoms with Gasteiger partial charge in [0.1, 0.15) is 11.8 Å². The monoisotopic (exact) mass is 542 g/mol.